The summed E-state index contributed by atoms with van der Waals surface area (Å²) in [6, 6.07) is 0.818. The van der Waals surface area contributed by atoms with E-state index in [0.29, 0.717) is 5.92 Å². The van der Waals surface area contributed by atoms with Crippen LogP contribution < -0.4 is 5.32 Å². The Balaban J connectivity index is 1.81. The second-order valence-corrected chi connectivity index (χ2v) is 4.29. The van der Waals surface area contributed by atoms with Crippen LogP contribution in [0.3, 0.4) is 0 Å². The Labute approximate surface area is 87.7 Å². The fraction of sp³-hybridized carbons (Fsp3) is 0.833. The first-order chi connectivity index (χ1) is 6.83. The Hall–Kier alpha value is -0.340. The summed E-state index contributed by atoms with van der Waals surface area (Å²) in [7, 11) is 0. The Bertz CT molecular complexity index is 154. The van der Waals surface area contributed by atoms with Crippen molar-refractivity contribution in [2.75, 3.05) is 19.8 Å². The van der Waals surface area contributed by atoms with Gasteiger partial charge in [0, 0.05) is 19.2 Å². The third-order valence-electron chi connectivity index (χ3n) is 2.43. The molecular formula is C12H23NO. The first-order valence-electron chi connectivity index (χ1n) is 5.75. The lowest BCUT2D eigenvalue weighted by Crippen LogP contribution is -2.25. The lowest BCUT2D eigenvalue weighted by atomic mass is 10.2. The maximum absolute atomic E-state index is 5.56. The first kappa shape index (κ1) is 11.7. The molecule has 0 saturated heterocycles. The highest BCUT2D eigenvalue weighted by Crippen LogP contribution is 2.18. The fourth-order valence-electron chi connectivity index (χ4n) is 1.33. The molecule has 0 aromatic carbocycles. The molecule has 0 aromatic heterocycles. The van der Waals surface area contributed by atoms with Gasteiger partial charge in [0.05, 0.1) is 6.61 Å². The summed E-state index contributed by atoms with van der Waals surface area (Å²) in [5.74, 6) is 0.638. The number of unbranched alkanes of at least 4 members (excludes halogenated alkanes) is 1. The molecule has 1 aliphatic carbocycles. The van der Waals surface area contributed by atoms with Crippen molar-refractivity contribution < 1.29 is 4.74 Å². The molecule has 0 spiro atoms. The van der Waals surface area contributed by atoms with Gasteiger partial charge in [-0.05, 0) is 31.6 Å². The van der Waals surface area contributed by atoms with Gasteiger partial charge in [-0.15, -0.1) is 6.58 Å². The summed E-state index contributed by atoms with van der Waals surface area (Å²) in [5, 5.41) is 3.51. The Kier molecular flexibility index (Phi) is 5.88. The highest BCUT2D eigenvalue weighted by atomic mass is 16.5. The van der Waals surface area contributed by atoms with E-state index in [2.05, 4.69) is 18.8 Å². The monoisotopic (exact) mass is 197 g/mol. The van der Waals surface area contributed by atoms with E-state index in [0.717, 1.165) is 38.6 Å². The molecule has 0 heterocycles. The molecule has 2 nitrogen and oxygen atoms in total. The largest absolute Gasteiger partial charge is 0.381 e. The van der Waals surface area contributed by atoms with Crippen LogP contribution in [0.4, 0.5) is 0 Å². The van der Waals surface area contributed by atoms with Gasteiger partial charge < -0.3 is 10.1 Å². The molecular weight excluding hydrogens is 174 g/mol. The molecule has 1 unspecified atom stereocenters. The second kappa shape index (κ2) is 7.02. The van der Waals surface area contributed by atoms with E-state index >= 15 is 0 Å². The molecule has 1 saturated carbocycles. The van der Waals surface area contributed by atoms with Crippen LogP contribution in [-0.2, 0) is 4.74 Å². The molecule has 0 bridgehead atoms. The van der Waals surface area contributed by atoms with Crippen molar-refractivity contribution in [1.82, 2.24) is 5.32 Å². The average molecular weight is 197 g/mol. The van der Waals surface area contributed by atoms with Crippen LogP contribution >= 0.6 is 0 Å². The zero-order valence-corrected chi connectivity index (χ0v) is 9.30. The van der Waals surface area contributed by atoms with Gasteiger partial charge in [-0.25, -0.2) is 0 Å². The summed E-state index contributed by atoms with van der Waals surface area (Å²) >= 11 is 0. The van der Waals surface area contributed by atoms with Crippen molar-refractivity contribution in [2.24, 2.45) is 5.92 Å². The van der Waals surface area contributed by atoms with Gasteiger partial charge in [0.1, 0.15) is 0 Å². The van der Waals surface area contributed by atoms with Gasteiger partial charge in [-0.1, -0.05) is 13.0 Å². The molecule has 0 aliphatic heterocycles. The van der Waals surface area contributed by atoms with Gasteiger partial charge in [0.25, 0.3) is 0 Å². The van der Waals surface area contributed by atoms with Crippen molar-refractivity contribution in [2.45, 2.75) is 38.6 Å². The standard InChI is InChI=1S/C12H23NO/c1-3-4-5-8-14-10-11(2)9-13-12-6-7-12/h3,11-13H,1,4-10H2,2H3. The normalized spacial score (nSPS) is 18.1. The minimum Gasteiger partial charge on any atom is -0.381 e. The fourth-order valence-corrected chi connectivity index (χ4v) is 1.33. The minimum absolute atomic E-state index is 0.638. The number of hydrogen-bond acceptors (Lipinski definition) is 2. The molecule has 1 fully saturated rings. The van der Waals surface area contributed by atoms with E-state index in [9.17, 15) is 0 Å². The van der Waals surface area contributed by atoms with E-state index in [1.807, 2.05) is 6.08 Å². The molecule has 0 amide bonds. The minimum atomic E-state index is 0.638. The lowest BCUT2D eigenvalue weighted by molar-refractivity contribution is 0.103. The third kappa shape index (κ3) is 6.17. The van der Waals surface area contributed by atoms with E-state index in [4.69, 9.17) is 4.74 Å². The van der Waals surface area contributed by atoms with Crippen LogP contribution in [0.2, 0.25) is 0 Å². The van der Waals surface area contributed by atoms with E-state index in [1.54, 1.807) is 0 Å². The molecule has 0 aromatic rings. The summed E-state index contributed by atoms with van der Waals surface area (Å²) in [5.41, 5.74) is 0. The van der Waals surface area contributed by atoms with Gasteiger partial charge >= 0.3 is 0 Å². The van der Waals surface area contributed by atoms with Gasteiger partial charge in [-0.3, -0.25) is 0 Å². The molecule has 1 rings (SSSR count). The maximum Gasteiger partial charge on any atom is 0.0503 e. The summed E-state index contributed by atoms with van der Waals surface area (Å²) in [4.78, 5) is 0. The quantitative estimate of drug-likeness (QED) is 0.452. The van der Waals surface area contributed by atoms with Gasteiger partial charge in [-0.2, -0.15) is 0 Å². The predicted octanol–water partition coefficient (Wildman–Crippen LogP) is 2.36. The molecule has 1 atom stereocenters. The topological polar surface area (TPSA) is 21.3 Å². The molecule has 1 N–H and O–H groups in total. The SMILES string of the molecule is C=CCCCOCC(C)CNC1CC1. The molecule has 2 heteroatoms. The van der Waals surface area contributed by atoms with Crippen LogP contribution in [0, 0.1) is 5.92 Å². The number of ether oxygens (including phenoxy) is 1. The van der Waals surface area contributed by atoms with Gasteiger partial charge in [0.2, 0.25) is 0 Å². The highest BCUT2D eigenvalue weighted by Gasteiger charge is 2.20. The second-order valence-electron chi connectivity index (χ2n) is 4.29. The van der Waals surface area contributed by atoms with E-state index in [1.165, 1.54) is 12.8 Å². The summed E-state index contributed by atoms with van der Waals surface area (Å²) < 4.78 is 5.56. The van der Waals surface area contributed by atoms with Crippen LogP contribution in [0.25, 0.3) is 0 Å². The molecule has 0 radical (unpaired) electrons. The number of hydrogen-bond donors (Lipinski definition) is 1. The maximum atomic E-state index is 5.56. The third-order valence-corrected chi connectivity index (χ3v) is 2.43. The van der Waals surface area contributed by atoms with Crippen LogP contribution in [-0.4, -0.2) is 25.8 Å². The molecule has 82 valence electrons. The Morgan fingerprint density at radius 3 is 3.00 bits per heavy atom. The van der Waals surface area contributed by atoms with Crippen molar-refractivity contribution in [3.05, 3.63) is 12.7 Å². The lowest BCUT2D eigenvalue weighted by Gasteiger charge is -2.12. The van der Waals surface area contributed by atoms with E-state index < -0.39 is 0 Å². The Morgan fingerprint density at radius 2 is 2.36 bits per heavy atom. The zero-order chi connectivity index (χ0) is 10.2. The Morgan fingerprint density at radius 1 is 1.57 bits per heavy atom. The first-order valence-corrected chi connectivity index (χ1v) is 5.75. The van der Waals surface area contributed by atoms with Crippen molar-refractivity contribution in [3.8, 4) is 0 Å². The van der Waals surface area contributed by atoms with Crippen molar-refractivity contribution >= 4 is 0 Å². The number of rotatable bonds is 9. The van der Waals surface area contributed by atoms with Gasteiger partial charge in [0.15, 0.2) is 0 Å². The number of nitrogens with one attached hydrogen (secondary N) is 1. The number of allylic oxidation sites excluding steroid dienone is 1. The molecule has 14 heavy (non-hydrogen) atoms. The van der Waals surface area contributed by atoms with Crippen LogP contribution in [0.1, 0.15) is 32.6 Å². The summed E-state index contributed by atoms with van der Waals surface area (Å²) in [6.45, 7) is 8.79. The van der Waals surface area contributed by atoms with Crippen molar-refractivity contribution in [1.29, 1.82) is 0 Å². The van der Waals surface area contributed by atoms with Crippen LogP contribution in [0.5, 0.6) is 0 Å². The highest BCUT2D eigenvalue weighted by molar-refractivity contribution is 4.81. The van der Waals surface area contributed by atoms with Crippen LogP contribution in [0.15, 0.2) is 12.7 Å². The van der Waals surface area contributed by atoms with Crippen molar-refractivity contribution in [3.63, 3.8) is 0 Å². The average Bonchev–Trinajstić information content (AvgIpc) is 2.98. The predicted molar refractivity (Wildman–Crippen MR) is 60.4 cm³/mol. The summed E-state index contributed by atoms with van der Waals surface area (Å²) in [6.07, 6.45) is 6.85. The molecule has 1 aliphatic rings. The van der Waals surface area contributed by atoms with E-state index in [-0.39, 0.29) is 0 Å². The smallest absolute Gasteiger partial charge is 0.0503 e. The zero-order valence-electron chi connectivity index (χ0n) is 9.30.